The van der Waals surface area contributed by atoms with E-state index in [1.54, 1.807) is 6.07 Å². The Labute approximate surface area is 140 Å². The van der Waals surface area contributed by atoms with Gasteiger partial charge in [-0.3, -0.25) is 9.69 Å². The molecule has 124 valence electrons. The third-order valence-corrected chi connectivity index (χ3v) is 5.40. The third kappa shape index (κ3) is 2.31. The molecule has 1 aromatic heterocycles. The van der Waals surface area contributed by atoms with Gasteiger partial charge in [0.15, 0.2) is 11.5 Å². The van der Waals surface area contributed by atoms with Gasteiger partial charge in [-0.05, 0) is 36.1 Å². The van der Waals surface area contributed by atoms with Crippen molar-refractivity contribution >= 4 is 0 Å². The lowest BCUT2D eigenvalue weighted by Crippen LogP contribution is -2.46. The highest BCUT2D eigenvalue weighted by molar-refractivity contribution is 5.44. The van der Waals surface area contributed by atoms with E-state index in [0.717, 1.165) is 37.7 Å². The SMILES string of the molecule is O=c1cccc2n1C[C@H]1C[C@@H]2CN(Cc2ccc3c(c2)OCO3)C1. The second-order valence-corrected chi connectivity index (χ2v) is 7.08. The summed E-state index contributed by atoms with van der Waals surface area (Å²) in [4.78, 5) is 14.6. The summed E-state index contributed by atoms with van der Waals surface area (Å²) in [5, 5.41) is 0. The Balaban J connectivity index is 1.38. The summed E-state index contributed by atoms with van der Waals surface area (Å²) in [6, 6.07) is 11.9. The predicted molar refractivity (Wildman–Crippen MR) is 89.4 cm³/mol. The number of hydrogen-bond donors (Lipinski definition) is 0. The van der Waals surface area contributed by atoms with Crippen LogP contribution in [-0.4, -0.2) is 29.3 Å². The van der Waals surface area contributed by atoms with Crippen molar-refractivity contribution in [1.82, 2.24) is 9.47 Å². The van der Waals surface area contributed by atoms with Crippen LogP contribution in [0.15, 0.2) is 41.2 Å². The monoisotopic (exact) mass is 324 g/mol. The number of piperidine rings is 1. The molecule has 2 bridgehead atoms. The van der Waals surface area contributed by atoms with Gasteiger partial charge < -0.3 is 14.0 Å². The molecule has 5 heteroatoms. The van der Waals surface area contributed by atoms with Crippen LogP contribution in [0, 0.1) is 5.92 Å². The van der Waals surface area contributed by atoms with Crippen molar-refractivity contribution in [2.24, 2.45) is 5.92 Å². The van der Waals surface area contributed by atoms with Gasteiger partial charge in [0.1, 0.15) is 0 Å². The molecule has 5 rings (SSSR count). The molecule has 2 aromatic rings. The number of aromatic nitrogens is 1. The van der Waals surface area contributed by atoms with Crippen molar-refractivity contribution in [2.75, 3.05) is 19.9 Å². The second kappa shape index (κ2) is 5.38. The Morgan fingerprint density at radius 1 is 1.04 bits per heavy atom. The van der Waals surface area contributed by atoms with Crippen LogP contribution in [0.3, 0.4) is 0 Å². The average molecular weight is 324 g/mol. The fraction of sp³-hybridized carbons (Fsp3) is 0.421. The highest BCUT2D eigenvalue weighted by atomic mass is 16.7. The normalized spacial score (nSPS) is 24.7. The minimum Gasteiger partial charge on any atom is -0.454 e. The number of benzene rings is 1. The van der Waals surface area contributed by atoms with E-state index >= 15 is 0 Å². The topological polar surface area (TPSA) is 43.7 Å². The molecule has 0 spiro atoms. The van der Waals surface area contributed by atoms with Crippen molar-refractivity contribution in [2.45, 2.75) is 25.4 Å². The number of likely N-dealkylation sites (tertiary alicyclic amines) is 1. The Hall–Kier alpha value is -2.27. The molecule has 0 N–H and O–H groups in total. The fourth-order valence-electron chi connectivity index (χ4n) is 4.42. The maximum Gasteiger partial charge on any atom is 0.250 e. The summed E-state index contributed by atoms with van der Waals surface area (Å²) in [5.41, 5.74) is 2.60. The summed E-state index contributed by atoms with van der Waals surface area (Å²) in [6.45, 7) is 4.14. The van der Waals surface area contributed by atoms with Gasteiger partial charge in [0.2, 0.25) is 6.79 Å². The molecule has 4 heterocycles. The molecular weight excluding hydrogens is 304 g/mol. The van der Waals surface area contributed by atoms with Gasteiger partial charge in [-0.15, -0.1) is 0 Å². The smallest absolute Gasteiger partial charge is 0.250 e. The molecule has 1 saturated heterocycles. The van der Waals surface area contributed by atoms with Crippen molar-refractivity contribution in [3.05, 3.63) is 58.0 Å². The van der Waals surface area contributed by atoms with E-state index in [4.69, 9.17) is 9.47 Å². The first-order valence-electron chi connectivity index (χ1n) is 8.57. The molecule has 1 fully saturated rings. The maximum atomic E-state index is 12.1. The molecule has 0 unspecified atom stereocenters. The molecule has 1 aromatic carbocycles. The third-order valence-electron chi connectivity index (χ3n) is 5.40. The van der Waals surface area contributed by atoms with Gasteiger partial charge in [-0.25, -0.2) is 0 Å². The van der Waals surface area contributed by atoms with Crippen LogP contribution in [-0.2, 0) is 13.1 Å². The fourth-order valence-corrected chi connectivity index (χ4v) is 4.42. The predicted octanol–water partition coefficient (Wildman–Crippen LogP) is 2.20. The number of rotatable bonds is 2. The number of hydrogen-bond acceptors (Lipinski definition) is 4. The second-order valence-electron chi connectivity index (χ2n) is 7.08. The van der Waals surface area contributed by atoms with Crippen LogP contribution >= 0.6 is 0 Å². The minimum absolute atomic E-state index is 0.145. The van der Waals surface area contributed by atoms with E-state index in [1.165, 1.54) is 17.7 Å². The molecule has 2 atom stereocenters. The van der Waals surface area contributed by atoms with Crippen molar-refractivity contribution in [3.63, 3.8) is 0 Å². The van der Waals surface area contributed by atoms with Gasteiger partial charge in [0.25, 0.3) is 5.56 Å². The molecule has 0 saturated carbocycles. The molecule has 0 radical (unpaired) electrons. The quantitative estimate of drug-likeness (QED) is 0.849. The lowest BCUT2D eigenvalue weighted by molar-refractivity contribution is 0.114. The number of ether oxygens (including phenoxy) is 2. The maximum absolute atomic E-state index is 12.1. The summed E-state index contributed by atoms with van der Waals surface area (Å²) in [6.07, 6.45) is 1.20. The highest BCUT2D eigenvalue weighted by Gasteiger charge is 2.34. The van der Waals surface area contributed by atoms with Crippen molar-refractivity contribution < 1.29 is 9.47 Å². The van der Waals surface area contributed by atoms with Crippen molar-refractivity contribution in [3.8, 4) is 11.5 Å². The molecule has 0 aliphatic carbocycles. The average Bonchev–Trinajstić information content (AvgIpc) is 3.03. The summed E-state index contributed by atoms with van der Waals surface area (Å²) >= 11 is 0. The van der Waals surface area contributed by atoms with Crippen LogP contribution in [0.5, 0.6) is 11.5 Å². The molecule has 24 heavy (non-hydrogen) atoms. The molecule has 3 aliphatic heterocycles. The largest absolute Gasteiger partial charge is 0.454 e. The Morgan fingerprint density at radius 2 is 1.96 bits per heavy atom. The van der Waals surface area contributed by atoms with Crippen LogP contribution in [0.4, 0.5) is 0 Å². The molecule has 3 aliphatic rings. The van der Waals surface area contributed by atoms with Gasteiger partial charge in [0.05, 0.1) is 0 Å². The van der Waals surface area contributed by atoms with E-state index in [9.17, 15) is 4.79 Å². The first-order valence-corrected chi connectivity index (χ1v) is 8.57. The number of pyridine rings is 1. The van der Waals surface area contributed by atoms with E-state index in [1.807, 2.05) is 16.7 Å². The summed E-state index contributed by atoms with van der Waals surface area (Å²) in [5.74, 6) is 2.70. The van der Waals surface area contributed by atoms with Crippen molar-refractivity contribution in [1.29, 1.82) is 0 Å². The number of nitrogens with zero attached hydrogens (tertiary/aromatic N) is 2. The van der Waals surface area contributed by atoms with Crippen LogP contribution in [0.2, 0.25) is 0 Å². The van der Waals surface area contributed by atoms with E-state index < -0.39 is 0 Å². The first kappa shape index (κ1) is 14.1. The Morgan fingerprint density at radius 3 is 2.92 bits per heavy atom. The van der Waals surface area contributed by atoms with E-state index in [-0.39, 0.29) is 5.56 Å². The van der Waals surface area contributed by atoms with Crippen LogP contribution in [0.1, 0.15) is 23.6 Å². The standard InChI is InChI=1S/C19H20N2O3/c22-19-3-1-2-16-15-6-14(10-21(16)19)9-20(11-15)8-13-4-5-17-18(7-13)24-12-23-17/h1-5,7,14-15H,6,8-12H2/t14-,15+/m0/s1. The summed E-state index contributed by atoms with van der Waals surface area (Å²) < 4.78 is 12.9. The zero-order valence-electron chi connectivity index (χ0n) is 13.5. The van der Waals surface area contributed by atoms with Gasteiger partial charge in [-0.1, -0.05) is 12.1 Å². The van der Waals surface area contributed by atoms with Gasteiger partial charge in [-0.2, -0.15) is 0 Å². The van der Waals surface area contributed by atoms with E-state index in [0.29, 0.717) is 18.6 Å². The van der Waals surface area contributed by atoms with E-state index in [2.05, 4.69) is 23.1 Å². The van der Waals surface area contributed by atoms with Gasteiger partial charge >= 0.3 is 0 Å². The highest BCUT2D eigenvalue weighted by Crippen LogP contribution is 2.37. The summed E-state index contributed by atoms with van der Waals surface area (Å²) in [7, 11) is 0. The zero-order valence-corrected chi connectivity index (χ0v) is 13.5. The van der Waals surface area contributed by atoms with Crippen LogP contribution in [0.25, 0.3) is 0 Å². The van der Waals surface area contributed by atoms with Gasteiger partial charge in [0, 0.05) is 43.9 Å². The Kier molecular flexibility index (Phi) is 3.16. The lowest BCUT2D eigenvalue weighted by atomic mass is 9.83. The Bertz CT molecular complexity index is 845. The molecular formula is C19H20N2O3. The molecule has 0 amide bonds. The lowest BCUT2D eigenvalue weighted by Gasteiger charge is -2.42. The minimum atomic E-state index is 0.145. The number of fused-ring (bicyclic) bond motifs is 5. The first-order chi connectivity index (χ1) is 11.8. The zero-order chi connectivity index (χ0) is 16.1. The molecule has 5 nitrogen and oxygen atoms in total. The van der Waals surface area contributed by atoms with Crippen LogP contribution < -0.4 is 15.0 Å².